The number of fused-ring (bicyclic) bond motifs is 1. The lowest BCUT2D eigenvalue weighted by Crippen LogP contribution is -2.48. The number of alkyl halides is 1. The number of ether oxygens (including phenoxy) is 1. The third-order valence-corrected chi connectivity index (χ3v) is 3.71. The number of rotatable bonds is 3. The van der Waals surface area contributed by atoms with Crippen LogP contribution in [0.4, 0.5) is 14.6 Å². The van der Waals surface area contributed by atoms with E-state index >= 15 is 0 Å². The first-order valence-electron chi connectivity index (χ1n) is 6.32. The van der Waals surface area contributed by atoms with Gasteiger partial charge >= 0.3 is 6.08 Å². The van der Waals surface area contributed by atoms with Crippen molar-refractivity contribution in [1.29, 1.82) is 0 Å². The standard InChI is InChI=1S/C11H13F2N5O4/c12-5-6(22-11(2-19,3-20)7(5)21)4-1-15-9-8(14)16-10(13)17-18(4)9/h1,5-7,19-21H,2-3H2,(H2,14,16,17)/t5-,6-,7-/m0/s1. The fourth-order valence-corrected chi connectivity index (χ4v) is 2.47. The lowest BCUT2D eigenvalue weighted by Gasteiger charge is -2.27. The average molecular weight is 317 g/mol. The van der Waals surface area contributed by atoms with Crippen molar-refractivity contribution in [2.24, 2.45) is 0 Å². The summed E-state index contributed by atoms with van der Waals surface area (Å²) >= 11 is 0. The molecule has 0 radical (unpaired) electrons. The number of halogens is 2. The van der Waals surface area contributed by atoms with Gasteiger partial charge in [-0.15, -0.1) is 5.10 Å². The van der Waals surface area contributed by atoms with Gasteiger partial charge in [0.2, 0.25) is 0 Å². The number of aliphatic hydroxyl groups is 3. The minimum absolute atomic E-state index is 0.00723. The fraction of sp³-hybridized carbons (Fsp3) is 0.545. The highest BCUT2D eigenvalue weighted by molar-refractivity contribution is 5.59. The zero-order valence-electron chi connectivity index (χ0n) is 11.1. The molecule has 0 bridgehead atoms. The molecule has 0 amide bonds. The quantitative estimate of drug-likeness (QED) is 0.527. The van der Waals surface area contributed by atoms with Crippen molar-refractivity contribution < 1.29 is 28.8 Å². The Morgan fingerprint density at radius 1 is 1.41 bits per heavy atom. The molecule has 1 saturated heterocycles. The van der Waals surface area contributed by atoms with Gasteiger partial charge < -0.3 is 25.8 Å². The molecule has 2 aromatic heterocycles. The summed E-state index contributed by atoms with van der Waals surface area (Å²) in [5.74, 6) is -0.247. The molecular formula is C11H13F2N5O4. The third-order valence-electron chi connectivity index (χ3n) is 3.71. The SMILES string of the molecule is Nc1nc(F)nn2c([C@@H]3OC(CO)(CO)[C@@H](O)[C@H]3F)cnc12. The number of hydrogen-bond acceptors (Lipinski definition) is 8. The van der Waals surface area contributed by atoms with E-state index in [1.807, 2.05) is 0 Å². The van der Waals surface area contributed by atoms with Gasteiger partial charge in [0.1, 0.15) is 17.8 Å². The number of hydrogen-bond donors (Lipinski definition) is 4. The summed E-state index contributed by atoms with van der Waals surface area (Å²) < 4.78 is 33.8. The average Bonchev–Trinajstić information content (AvgIpc) is 3.01. The molecule has 0 spiro atoms. The summed E-state index contributed by atoms with van der Waals surface area (Å²) in [5.41, 5.74) is 3.59. The van der Waals surface area contributed by atoms with Gasteiger partial charge in [-0.25, -0.2) is 13.9 Å². The van der Waals surface area contributed by atoms with Crippen molar-refractivity contribution in [2.75, 3.05) is 18.9 Å². The van der Waals surface area contributed by atoms with E-state index in [4.69, 9.17) is 10.5 Å². The van der Waals surface area contributed by atoms with Crippen molar-refractivity contribution in [1.82, 2.24) is 19.6 Å². The second-order valence-electron chi connectivity index (χ2n) is 4.99. The van der Waals surface area contributed by atoms with E-state index in [9.17, 15) is 24.1 Å². The van der Waals surface area contributed by atoms with Crippen LogP contribution in [0.3, 0.4) is 0 Å². The molecule has 0 saturated carbocycles. The lowest BCUT2D eigenvalue weighted by molar-refractivity contribution is -0.137. The van der Waals surface area contributed by atoms with Gasteiger partial charge in [-0.1, -0.05) is 0 Å². The molecule has 5 N–H and O–H groups in total. The highest BCUT2D eigenvalue weighted by atomic mass is 19.1. The van der Waals surface area contributed by atoms with Gasteiger partial charge in [0, 0.05) is 0 Å². The molecule has 3 heterocycles. The van der Waals surface area contributed by atoms with Crippen LogP contribution in [0.2, 0.25) is 0 Å². The lowest BCUT2D eigenvalue weighted by atomic mass is 9.96. The number of nitrogens with zero attached hydrogens (tertiary/aromatic N) is 4. The Kier molecular flexibility index (Phi) is 3.44. The van der Waals surface area contributed by atoms with Crippen molar-refractivity contribution in [3.63, 3.8) is 0 Å². The zero-order chi connectivity index (χ0) is 16.1. The molecule has 0 aromatic carbocycles. The molecule has 3 rings (SSSR count). The van der Waals surface area contributed by atoms with Gasteiger partial charge in [-0.2, -0.15) is 9.37 Å². The minimum atomic E-state index is -1.99. The summed E-state index contributed by atoms with van der Waals surface area (Å²) in [6.45, 7) is -1.60. The molecule has 120 valence electrons. The van der Waals surface area contributed by atoms with Crippen molar-refractivity contribution >= 4 is 11.5 Å². The summed E-state index contributed by atoms with van der Waals surface area (Å²) in [6.07, 6.45) is -5.18. The van der Waals surface area contributed by atoms with Gasteiger partial charge in [0.15, 0.2) is 17.6 Å². The number of aliphatic hydroxyl groups excluding tert-OH is 3. The van der Waals surface area contributed by atoms with E-state index < -0.39 is 43.3 Å². The summed E-state index contributed by atoms with van der Waals surface area (Å²) in [4.78, 5) is 7.15. The number of anilines is 1. The van der Waals surface area contributed by atoms with Crippen molar-refractivity contribution in [2.45, 2.75) is 24.0 Å². The monoisotopic (exact) mass is 317 g/mol. The first-order chi connectivity index (χ1) is 10.4. The van der Waals surface area contributed by atoms with E-state index in [2.05, 4.69) is 15.1 Å². The van der Waals surface area contributed by atoms with Crippen LogP contribution in [-0.2, 0) is 4.74 Å². The van der Waals surface area contributed by atoms with E-state index in [1.165, 1.54) is 0 Å². The number of nitrogen functional groups attached to an aromatic ring is 1. The molecule has 2 aromatic rings. The van der Waals surface area contributed by atoms with Crippen LogP contribution >= 0.6 is 0 Å². The smallest absolute Gasteiger partial charge is 0.328 e. The first-order valence-corrected chi connectivity index (χ1v) is 6.32. The Balaban J connectivity index is 2.09. The number of nitrogens with two attached hydrogens (primary N) is 1. The Labute approximate surface area is 122 Å². The van der Waals surface area contributed by atoms with Gasteiger partial charge in [-0.05, 0) is 0 Å². The van der Waals surface area contributed by atoms with E-state index in [0.717, 1.165) is 10.7 Å². The fourth-order valence-electron chi connectivity index (χ4n) is 2.47. The Bertz CT molecular complexity index is 707. The molecule has 1 fully saturated rings. The molecule has 11 heteroatoms. The maximum atomic E-state index is 14.3. The Hall–Kier alpha value is -1.95. The number of aromatic nitrogens is 4. The first kappa shape index (κ1) is 15.0. The van der Waals surface area contributed by atoms with E-state index in [0.29, 0.717) is 0 Å². The normalized spacial score (nSPS) is 27.6. The molecule has 0 unspecified atom stereocenters. The molecule has 1 aliphatic heterocycles. The maximum absolute atomic E-state index is 14.3. The minimum Gasteiger partial charge on any atom is -0.393 e. The summed E-state index contributed by atoms with van der Waals surface area (Å²) in [7, 11) is 0. The molecular weight excluding hydrogens is 304 g/mol. The van der Waals surface area contributed by atoms with Crippen LogP contribution in [-0.4, -0.2) is 66.0 Å². The highest BCUT2D eigenvalue weighted by Crippen LogP contribution is 2.41. The molecule has 0 aliphatic carbocycles. The van der Waals surface area contributed by atoms with Crippen molar-refractivity contribution in [3.8, 4) is 0 Å². The predicted molar refractivity (Wildman–Crippen MR) is 66.8 cm³/mol. The van der Waals surface area contributed by atoms with Crippen LogP contribution in [0.1, 0.15) is 11.8 Å². The molecule has 22 heavy (non-hydrogen) atoms. The van der Waals surface area contributed by atoms with Crippen LogP contribution in [0.5, 0.6) is 0 Å². The topological polar surface area (TPSA) is 139 Å². The van der Waals surface area contributed by atoms with Crippen LogP contribution < -0.4 is 5.73 Å². The molecule has 1 aliphatic rings. The van der Waals surface area contributed by atoms with Gasteiger partial charge in [0.25, 0.3) is 0 Å². The zero-order valence-corrected chi connectivity index (χ0v) is 11.1. The largest absolute Gasteiger partial charge is 0.393 e. The second-order valence-corrected chi connectivity index (χ2v) is 4.99. The molecule has 3 atom stereocenters. The van der Waals surface area contributed by atoms with Crippen molar-refractivity contribution in [3.05, 3.63) is 18.0 Å². The maximum Gasteiger partial charge on any atom is 0.328 e. The van der Waals surface area contributed by atoms with E-state index in [-0.39, 0.29) is 17.2 Å². The number of imidazole rings is 1. The second kappa shape index (κ2) is 5.05. The van der Waals surface area contributed by atoms with Crippen LogP contribution in [0, 0.1) is 6.08 Å². The Morgan fingerprint density at radius 2 is 2.09 bits per heavy atom. The van der Waals surface area contributed by atoms with Crippen LogP contribution in [0.25, 0.3) is 5.65 Å². The van der Waals surface area contributed by atoms with Crippen LogP contribution in [0.15, 0.2) is 6.20 Å². The third kappa shape index (κ3) is 1.94. The van der Waals surface area contributed by atoms with Gasteiger partial charge in [0.05, 0.1) is 25.1 Å². The predicted octanol–water partition coefficient (Wildman–Crippen LogP) is -1.66. The van der Waals surface area contributed by atoms with Gasteiger partial charge in [-0.3, -0.25) is 0 Å². The van der Waals surface area contributed by atoms with E-state index in [1.54, 1.807) is 0 Å². The summed E-state index contributed by atoms with van der Waals surface area (Å²) in [5, 5.41) is 31.9. The summed E-state index contributed by atoms with van der Waals surface area (Å²) in [6, 6.07) is 0. The molecule has 9 nitrogen and oxygen atoms in total. The Morgan fingerprint density at radius 3 is 2.68 bits per heavy atom. The highest BCUT2D eigenvalue weighted by Gasteiger charge is 2.56.